The van der Waals surface area contributed by atoms with Gasteiger partial charge in [-0.3, -0.25) is 14.3 Å². The summed E-state index contributed by atoms with van der Waals surface area (Å²) in [5.41, 5.74) is 10.8. The van der Waals surface area contributed by atoms with E-state index in [1.165, 1.54) is 10.9 Å². The molecule has 7 nitrogen and oxygen atoms in total. The zero-order chi connectivity index (χ0) is 13.7. The van der Waals surface area contributed by atoms with Crippen molar-refractivity contribution < 1.29 is 9.59 Å². The first-order valence-electron chi connectivity index (χ1n) is 5.79. The maximum absolute atomic E-state index is 11.6. The highest BCUT2D eigenvalue weighted by molar-refractivity contribution is 5.95. The standard InChI is InChI=1S/C11H19N5O2/c1-7(2)3-4-14-9(17)6-16-5-8(12)10(15-16)11(13)18/h5,7H,3-4,6,12H2,1-2H3,(H2,13,18)(H,14,17). The van der Waals surface area contributed by atoms with Gasteiger partial charge in [-0.1, -0.05) is 13.8 Å². The molecule has 1 aromatic rings. The van der Waals surface area contributed by atoms with Crippen molar-refractivity contribution >= 4 is 17.5 Å². The number of rotatable bonds is 6. The van der Waals surface area contributed by atoms with Crippen LogP contribution in [0, 0.1) is 5.92 Å². The molecule has 0 radical (unpaired) electrons. The van der Waals surface area contributed by atoms with Crippen LogP contribution in [0.15, 0.2) is 6.20 Å². The third kappa shape index (κ3) is 4.08. The molecule has 0 aliphatic heterocycles. The number of nitrogens with one attached hydrogen (secondary N) is 1. The summed E-state index contributed by atoms with van der Waals surface area (Å²) in [5, 5.41) is 6.61. The lowest BCUT2D eigenvalue weighted by Gasteiger charge is -2.06. The molecule has 0 spiro atoms. The van der Waals surface area contributed by atoms with Crippen LogP contribution in [-0.4, -0.2) is 28.1 Å². The minimum absolute atomic E-state index is 0.00928. The Hall–Kier alpha value is -2.05. The Kier molecular flexibility index (Phi) is 4.70. The summed E-state index contributed by atoms with van der Waals surface area (Å²) in [5.74, 6) is -0.340. The van der Waals surface area contributed by atoms with E-state index in [0.29, 0.717) is 12.5 Å². The maximum atomic E-state index is 11.6. The number of hydrogen-bond acceptors (Lipinski definition) is 4. The van der Waals surface area contributed by atoms with E-state index >= 15 is 0 Å². The van der Waals surface area contributed by atoms with Gasteiger partial charge in [0.2, 0.25) is 5.91 Å². The lowest BCUT2D eigenvalue weighted by atomic mass is 10.1. The lowest BCUT2D eigenvalue weighted by Crippen LogP contribution is -2.29. The fraction of sp³-hybridized carbons (Fsp3) is 0.545. The third-order valence-electron chi connectivity index (χ3n) is 2.37. The maximum Gasteiger partial charge on any atom is 0.271 e. The monoisotopic (exact) mass is 253 g/mol. The molecule has 2 amide bonds. The molecule has 0 aliphatic rings. The summed E-state index contributed by atoms with van der Waals surface area (Å²) in [7, 11) is 0. The molecule has 0 unspecified atom stereocenters. The normalized spacial score (nSPS) is 10.6. The zero-order valence-corrected chi connectivity index (χ0v) is 10.6. The molecule has 0 aromatic carbocycles. The number of nitrogens with two attached hydrogens (primary N) is 2. The van der Waals surface area contributed by atoms with Crippen molar-refractivity contribution in [3.05, 3.63) is 11.9 Å². The first-order chi connectivity index (χ1) is 8.40. The van der Waals surface area contributed by atoms with Gasteiger partial charge in [0, 0.05) is 12.7 Å². The smallest absolute Gasteiger partial charge is 0.271 e. The van der Waals surface area contributed by atoms with E-state index in [1.807, 2.05) is 0 Å². The number of nitrogens with zero attached hydrogens (tertiary/aromatic N) is 2. The first kappa shape index (κ1) is 14.0. The van der Waals surface area contributed by atoms with Crippen molar-refractivity contribution in [3.8, 4) is 0 Å². The van der Waals surface area contributed by atoms with Gasteiger partial charge in [-0.15, -0.1) is 0 Å². The summed E-state index contributed by atoms with van der Waals surface area (Å²) in [6, 6.07) is 0. The number of carbonyl (C=O) groups is 2. The number of primary amides is 1. The molecule has 5 N–H and O–H groups in total. The van der Waals surface area contributed by atoms with Gasteiger partial charge in [-0.05, 0) is 12.3 Å². The van der Waals surface area contributed by atoms with Crippen LogP contribution in [0.5, 0.6) is 0 Å². The first-order valence-corrected chi connectivity index (χ1v) is 5.79. The van der Waals surface area contributed by atoms with Crippen molar-refractivity contribution in [1.29, 1.82) is 0 Å². The largest absolute Gasteiger partial charge is 0.396 e. The van der Waals surface area contributed by atoms with E-state index in [9.17, 15) is 9.59 Å². The average Bonchev–Trinajstić information content (AvgIpc) is 2.58. The molecule has 0 bridgehead atoms. The van der Waals surface area contributed by atoms with Gasteiger partial charge in [-0.2, -0.15) is 5.10 Å². The molecule has 0 fully saturated rings. The Labute approximate surface area is 106 Å². The Balaban J connectivity index is 2.49. The molecule has 0 saturated heterocycles. The summed E-state index contributed by atoms with van der Waals surface area (Å²) in [6.07, 6.45) is 2.33. The molecule has 1 aromatic heterocycles. The molecule has 0 aliphatic carbocycles. The van der Waals surface area contributed by atoms with E-state index in [2.05, 4.69) is 24.3 Å². The van der Waals surface area contributed by atoms with Crippen LogP contribution in [0.3, 0.4) is 0 Å². The fourth-order valence-electron chi connectivity index (χ4n) is 1.41. The Morgan fingerprint density at radius 3 is 2.67 bits per heavy atom. The third-order valence-corrected chi connectivity index (χ3v) is 2.37. The lowest BCUT2D eigenvalue weighted by molar-refractivity contribution is -0.121. The second kappa shape index (κ2) is 6.04. The van der Waals surface area contributed by atoms with Crippen LogP contribution in [0.2, 0.25) is 0 Å². The average molecular weight is 253 g/mol. The molecular formula is C11H19N5O2. The minimum atomic E-state index is -0.702. The van der Waals surface area contributed by atoms with E-state index in [-0.39, 0.29) is 23.8 Å². The predicted molar refractivity (Wildman–Crippen MR) is 67.6 cm³/mol. The van der Waals surface area contributed by atoms with Gasteiger partial charge in [-0.25, -0.2) is 0 Å². The van der Waals surface area contributed by atoms with Gasteiger partial charge in [0.05, 0.1) is 5.69 Å². The van der Waals surface area contributed by atoms with Gasteiger partial charge in [0.25, 0.3) is 5.91 Å². The number of aromatic nitrogens is 2. The van der Waals surface area contributed by atoms with Gasteiger partial charge < -0.3 is 16.8 Å². The van der Waals surface area contributed by atoms with Crippen LogP contribution in [0.1, 0.15) is 30.8 Å². The highest BCUT2D eigenvalue weighted by atomic mass is 16.2. The van der Waals surface area contributed by atoms with E-state index in [0.717, 1.165) is 6.42 Å². The second-order valence-electron chi connectivity index (χ2n) is 4.53. The van der Waals surface area contributed by atoms with Crippen molar-refractivity contribution in [2.45, 2.75) is 26.8 Å². The van der Waals surface area contributed by atoms with Crippen LogP contribution in [-0.2, 0) is 11.3 Å². The van der Waals surface area contributed by atoms with E-state index in [1.54, 1.807) is 0 Å². The van der Waals surface area contributed by atoms with Crippen molar-refractivity contribution in [2.75, 3.05) is 12.3 Å². The Morgan fingerprint density at radius 2 is 2.17 bits per heavy atom. The SMILES string of the molecule is CC(C)CCNC(=O)Cn1cc(N)c(C(N)=O)n1. The number of anilines is 1. The van der Waals surface area contributed by atoms with Gasteiger partial charge in [0.15, 0.2) is 5.69 Å². The van der Waals surface area contributed by atoms with E-state index in [4.69, 9.17) is 11.5 Å². The van der Waals surface area contributed by atoms with Crippen LogP contribution < -0.4 is 16.8 Å². The van der Waals surface area contributed by atoms with Crippen molar-refractivity contribution in [3.63, 3.8) is 0 Å². The highest BCUT2D eigenvalue weighted by Crippen LogP contribution is 2.07. The Bertz CT molecular complexity index is 439. The molecule has 1 heterocycles. The molecule has 18 heavy (non-hydrogen) atoms. The van der Waals surface area contributed by atoms with Crippen molar-refractivity contribution in [1.82, 2.24) is 15.1 Å². The quantitative estimate of drug-likeness (QED) is 0.646. The van der Waals surface area contributed by atoms with Crippen molar-refractivity contribution in [2.24, 2.45) is 11.7 Å². The highest BCUT2D eigenvalue weighted by Gasteiger charge is 2.12. The molecular weight excluding hydrogens is 234 g/mol. The summed E-state index contributed by atoms with van der Waals surface area (Å²) in [6.45, 7) is 4.81. The number of amides is 2. The van der Waals surface area contributed by atoms with E-state index < -0.39 is 5.91 Å². The molecule has 100 valence electrons. The topological polar surface area (TPSA) is 116 Å². The van der Waals surface area contributed by atoms with Crippen LogP contribution >= 0.6 is 0 Å². The zero-order valence-electron chi connectivity index (χ0n) is 10.6. The predicted octanol–water partition coefficient (Wildman–Crippen LogP) is -0.273. The minimum Gasteiger partial charge on any atom is -0.396 e. The molecule has 0 atom stereocenters. The fourth-order valence-corrected chi connectivity index (χ4v) is 1.41. The van der Waals surface area contributed by atoms with Crippen LogP contribution in [0.25, 0.3) is 0 Å². The molecule has 0 saturated carbocycles. The second-order valence-corrected chi connectivity index (χ2v) is 4.53. The molecule has 1 rings (SSSR count). The summed E-state index contributed by atoms with van der Waals surface area (Å²) < 4.78 is 1.31. The molecule has 7 heteroatoms. The Morgan fingerprint density at radius 1 is 1.50 bits per heavy atom. The number of carbonyl (C=O) groups excluding carboxylic acids is 2. The van der Waals surface area contributed by atoms with Crippen LogP contribution in [0.4, 0.5) is 5.69 Å². The van der Waals surface area contributed by atoms with Gasteiger partial charge in [0.1, 0.15) is 6.54 Å². The van der Waals surface area contributed by atoms with Gasteiger partial charge >= 0.3 is 0 Å². The summed E-state index contributed by atoms with van der Waals surface area (Å²) >= 11 is 0. The number of nitrogen functional groups attached to an aromatic ring is 1. The number of hydrogen-bond donors (Lipinski definition) is 3. The summed E-state index contributed by atoms with van der Waals surface area (Å²) in [4.78, 5) is 22.5.